The van der Waals surface area contributed by atoms with Gasteiger partial charge < -0.3 is 10.4 Å². The summed E-state index contributed by atoms with van der Waals surface area (Å²) in [5.74, 6) is 0.643. The summed E-state index contributed by atoms with van der Waals surface area (Å²) in [5.41, 5.74) is -0.175. The number of rotatable bonds is 4. The number of aliphatic hydroxyl groups excluding tert-OH is 1. The summed E-state index contributed by atoms with van der Waals surface area (Å²) in [6, 6.07) is 0. The van der Waals surface area contributed by atoms with Crippen molar-refractivity contribution in [2.75, 3.05) is 12.4 Å². The Labute approximate surface area is 84.3 Å². The minimum Gasteiger partial charge on any atom is -0.396 e. The number of aliphatic hydroxyl groups is 1. The van der Waals surface area contributed by atoms with Crippen molar-refractivity contribution >= 4 is 17.7 Å². The Hall–Kier alpha value is -0.220. The molecule has 0 radical (unpaired) electrons. The fourth-order valence-electron chi connectivity index (χ4n) is 0.776. The fraction of sp³-hybridized carbons (Fsp3) is 0.889. The molecule has 0 aliphatic carbocycles. The standard InChI is InChI=1S/C9H19NO2S/c1-7(13-6-5-11)8(12)10-9(2,3)4/h7,11H,5-6H2,1-4H3,(H,10,12). The van der Waals surface area contributed by atoms with E-state index in [0.717, 1.165) is 0 Å². The molecule has 0 saturated heterocycles. The summed E-state index contributed by atoms with van der Waals surface area (Å²) in [4.78, 5) is 11.5. The molecule has 1 atom stereocenters. The van der Waals surface area contributed by atoms with Crippen LogP contribution in [0.3, 0.4) is 0 Å². The van der Waals surface area contributed by atoms with E-state index < -0.39 is 0 Å². The molecule has 0 fully saturated rings. The third-order valence-electron chi connectivity index (χ3n) is 1.33. The highest BCUT2D eigenvalue weighted by atomic mass is 32.2. The van der Waals surface area contributed by atoms with E-state index in [2.05, 4.69) is 5.32 Å². The maximum absolute atomic E-state index is 11.5. The lowest BCUT2D eigenvalue weighted by molar-refractivity contribution is -0.121. The lowest BCUT2D eigenvalue weighted by atomic mass is 10.1. The SMILES string of the molecule is CC(SCCO)C(=O)NC(C)(C)C. The van der Waals surface area contributed by atoms with Gasteiger partial charge in [0.2, 0.25) is 5.91 Å². The molecule has 3 nitrogen and oxygen atoms in total. The van der Waals surface area contributed by atoms with Gasteiger partial charge in [0.25, 0.3) is 0 Å². The van der Waals surface area contributed by atoms with E-state index in [1.807, 2.05) is 27.7 Å². The van der Waals surface area contributed by atoms with Gasteiger partial charge in [0, 0.05) is 11.3 Å². The predicted octanol–water partition coefficient (Wildman–Crippen LogP) is 1.02. The number of carbonyl (C=O) groups is 1. The Balaban J connectivity index is 3.83. The van der Waals surface area contributed by atoms with Crippen molar-refractivity contribution in [3.63, 3.8) is 0 Å². The van der Waals surface area contributed by atoms with Gasteiger partial charge in [0.05, 0.1) is 11.9 Å². The Morgan fingerprint density at radius 1 is 1.54 bits per heavy atom. The summed E-state index contributed by atoms with van der Waals surface area (Å²) < 4.78 is 0. The van der Waals surface area contributed by atoms with Crippen molar-refractivity contribution in [3.05, 3.63) is 0 Å². The van der Waals surface area contributed by atoms with Crippen LogP contribution in [-0.2, 0) is 4.79 Å². The van der Waals surface area contributed by atoms with Crippen LogP contribution in [-0.4, -0.2) is 34.2 Å². The third kappa shape index (κ3) is 6.90. The van der Waals surface area contributed by atoms with E-state index in [0.29, 0.717) is 5.75 Å². The molecule has 0 bridgehead atoms. The summed E-state index contributed by atoms with van der Waals surface area (Å²) in [6.07, 6.45) is 0. The fourth-order valence-corrected chi connectivity index (χ4v) is 1.45. The highest BCUT2D eigenvalue weighted by Crippen LogP contribution is 2.11. The molecule has 1 unspecified atom stereocenters. The Morgan fingerprint density at radius 3 is 2.46 bits per heavy atom. The average Bonchev–Trinajstić information content (AvgIpc) is 1.96. The molecule has 0 aromatic heterocycles. The quantitative estimate of drug-likeness (QED) is 0.720. The van der Waals surface area contributed by atoms with Crippen LogP contribution < -0.4 is 5.32 Å². The number of amides is 1. The van der Waals surface area contributed by atoms with Crippen LogP contribution >= 0.6 is 11.8 Å². The molecule has 4 heteroatoms. The minimum atomic E-state index is -0.175. The first-order valence-electron chi connectivity index (χ1n) is 4.41. The van der Waals surface area contributed by atoms with Crippen molar-refractivity contribution in [2.24, 2.45) is 0 Å². The molecule has 0 aliphatic heterocycles. The highest BCUT2D eigenvalue weighted by Gasteiger charge is 2.18. The number of nitrogens with one attached hydrogen (secondary N) is 1. The molecule has 2 N–H and O–H groups in total. The highest BCUT2D eigenvalue weighted by molar-refractivity contribution is 8.00. The molecule has 0 rings (SSSR count). The van der Waals surface area contributed by atoms with E-state index in [1.54, 1.807) is 0 Å². The maximum atomic E-state index is 11.5. The molecule has 1 amide bonds. The zero-order valence-corrected chi connectivity index (χ0v) is 9.57. The monoisotopic (exact) mass is 205 g/mol. The van der Waals surface area contributed by atoms with E-state index >= 15 is 0 Å². The van der Waals surface area contributed by atoms with Gasteiger partial charge in [-0.15, -0.1) is 11.8 Å². The second-order valence-corrected chi connectivity index (χ2v) is 5.42. The van der Waals surface area contributed by atoms with E-state index in [9.17, 15) is 4.79 Å². The van der Waals surface area contributed by atoms with Gasteiger partial charge in [0.15, 0.2) is 0 Å². The summed E-state index contributed by atoms with van der Waals surface area (Å²) in [5, 5.41) is 11.4. The second kappa shape index (κ2) is 5.50. The molecule has 13 heavy (non-hydrogen) atoms. The molecule has 0 aliphatic rings. The topological polar surface area (TPSA) is 49.3 Å². The zero-order valence-electron chi connectivity index (χ0n) is 8.76. The van der Waals surface area contributed by atoms with Gasteiger partial charge in [0.1, 0.15) is 0 Å². The van der Waals surface area contributed by atoms with Crippen molar-refractivity contribution < 1.29 is 9.90 Å². The maximum Gasteiger partial charge on any atom is 0.233 e. The Morgan fingerprint density at radius 2 is 2.08 bits per heavy atom. The third-order valence-corrected chi connectivity index (χ3v) is 2.46. The van der Waals surface area contributed by atoms with E-state index in [-0.39, 0.29) is 23.3 Å². The normalized spacial score (nSPS) is 13.9. The number of hydrogen-bond acceptors (Lipinski definition) is 3. The minimum absolute atomic E-state index is 0.0333. The van der Waals surface area contributed by atoms with Crippen LogP contribution in [0.2, 0.25) is 0 Å². The largest absolute Gasteiger partial charge is 0.396 e. The first-order chi connectivity index (χ1) is 5.87. The summed E-state index contributed by atoms with van der Waals surface area (Å²) in [7, 11) is 0. The Bertz CT molecular complexity index is 165. The lowest BCUT2D eigenvalue weighted by Gasteiger charge is -2.22. The van der Waals surface area contributed by atoms with Crippen LogP contribution in [0.1, 0.15) is 27.7 Å². The molecule has 0 heterocycles. The second-order valence-electron chi connectivity index (χ2n) is 3.98. The van der Waals surface area contributed by atoms with Crippen LogP contribution in [0.25, 0.3) is 0 Å². The zero-order chi connectivity index (χ0) is 10.5. The van der Waals surface area contributed by atoms with E-state index in [1.165, 1.54) is 11.8 Å². The van der Waals surface area contributed by atoms with Gasteiger partial charge in [-0.1, -0.05) is 0 Å². The van der Waals surface area contributed by atoms with Gasteiger partial charge in [-0.05, 0) is 27.7 Å². The first-order valence-corrected chi connectivity index (χ1v) is 5.46. The molecule has 0 aromatic rings. The Kier molecular flexibility index (Phi) is 5.40. The molecule has 0 saturated carbocycles. The van der Waals surface area contributed by atoms with Crippen LogP contribution in [0.4, 0.5) is 0 Å². The van der Waals surface area contributed by atoms with Gasteiger partial charge in [-0.2, -0.15) is 0 Å². The molecular weight excluding hydrogens is 186 g/mol. The van der Waals surface area contributed by atoms with Crippen molar-refractivity contribution in [2.45, 2.75) is 38.5 Å². The van der Waals surface area contributed by atoms with Gasteiger partial charge >= 0.3 is 0 Å². The van der Waals surface area contributed by atoms with Gasteiger partial charge in [-0.3, -0.25) is 4.79 Å². The van der Waals surface area contributed by atoms with Crippen LogP contribution in [0, 0.1) is 0 Å². The van der Waals surface area contributed by atoms with Crippen molar-refractivity contribution in [1.29, 1.82) is 0 Å². The molecule has 0 spiro atoms. The predicted molar refractivity (Wildman–Crippen MR) is 56.9 cm³/mol. The molecular formula is C9H19NO2S. The van der Waals surface area contributed by atoms with Crippen LogP contribution in [0.5, 0.6) is 0 Å². The average molecular weight is 205 g/mol. The summed E-state index contributed by atoms with van der Waals surface area (Å²) >= 11 is 1.46. The van der Waals surface area contributed by atoms with Gasteiger partial charge in [-0.25, -0.2) is 0 Å². The number of thioether (sulfide) groups is 1. The summed E-state index contributed by atoms with van der Waals surface area (Å²) in [6.45, 7) is 7.83. The smallest absolute Gasteiger partial charge is 0.233 e. The number of hydrogen-bond donors (Lipinski definition) is 2. The molecule has 0 aromatic carbocycles. The van der Waals surface area contributed by atoms with Crippen molar-refractivity contribution in [3.8, 4) is 0 Å². The number of carbonyl (C=O) groups excluding carboxylic acids is 1. The molecule has 78 valence electrons. The lowest BCUT2D eigenvalue weighted by Crippen LogP contribution is -2.44. The van der Waals surface area contributed by atoms with E-state index in [4.69, 9.17) is 5.11 Å². The van der Waals surface area contributed by atoms with Crippen molar-refractivity contribution in [1.82, 2.24) is 5.32 Å². The first kappa shape index (κ1) is 12.8. The van der Waals surface area contributed by atoms with Crippen LogP contribution in [0.15, 0.2) is 0 Å².